The van der Waals surface area contributed by atoms with E-state index in [0.29, 0.717) is 0 Å². The topological polar surface area (TPSA) is 25.8 Å². The summed E-state index contributed by atoms with van der Waals surface area (Å²) in [4.78, 5) is 7.35. The van der Waals surface area contributed by atoms with Crippen LogP contribution in [-0.4, -0.2) is 9.97 Å². The van der Waals surface area contributed by atoms with Crippen molar-refractivity contribution in [2.45, 2.75) is 20.8 Å². The molecule has 2 aromatic heterocycles. The zero-order valence-corrected chi connectivity index (χ0v) is 9.89. The molecule has 0 spiro atoms. The van der Waals surface area contributed by atoms with Gasteiger partial charge in [0.1, 0.15) is 5.82 Å². The van der Waals surface area contributed by atoms with E-state index >= 15 is 0 Å². The Kier molecular flexibility index (Phi) is 8.69. The Morgan fingerprint density at radius 1 is 0.938 bits per heavy atom. The van der Waals surface area contributed by atoms with Crippen LogP contribution < -0.4 is 0 Å². The average molecular weight is 220 g/mol. The van der Waals surface area contributed by atoms with Gasteiger partial charge in [-0.2, -0.15) is 0 Å². The van der Waals surface area contributed by atoms with Crippen LogP contribution in [0.15, 0.2) is 49.1 Å². The van der Waals surface area contributed by atoms with Gasteiger partial charge in [-0.1, -0.05) is 13.8 Å². The second kappa shape index (κ2) is 9.77. The summed E-state index contributed by atoms with van der Waals surface area (Å²) in [5.41, 5.74) is 1.26. The number of aromatic nitrogens is 2. The second-order valence-electron chi connectivity index (χ2n) is 2.70. The van der Waals surface area contributed by atoms with Crippen LogP contribution in [0, 0.1) is 12.7 Å². The molecule has 0 bridgehead atoms. The van der Waals surface area contributed by atoms with Crippen LogP contribution in [0.1, 0.15) is 19.4 Å². The van der Waals surface area contributed by atoms with Gasteiger partial charge in [0.15, 0.2) is 0 Å². The fraction of sp³-hybridized carbons (Fsp3) is 0.231. The molecule has 2 heterocycles. The summed E-state index contributed by atoms with van der Waals surface area (Å²) in [6.45, 7) is 6.04. The lowest BCUT2D eigenvalue weighted by atomic mass is 10.3. The molecule has 0 aliphatic heterocycles. The maximum Gasteiger partial charge on any atom is 0.141 e. The molecule has 2 nitrogen and oxygen atoms in total. The van der Waals surface area contributed by atoms with E-state index in [0.717, 1.165) is 0 Å². The number of rotatable bonds is 0. The lowest BCUT2D eigenvalue weighted by Crippen LogP contribution is -1.70. The first-order valence-electron chi connectivity index (χ1n) is 5.21. The smallest absolute Gasteiger partial charge is 0.141 e. The van der Waals surface area contributed by atoms with Crippen molar-refractivity contribution in [2.24, 2.45) is 0 Å². The number of hydrogen-bond acceptors (Lipinski definition) is 2. The highest BCUT2D eigenvalue weighted by molar-refractivity contribution is 5.05. The molecule has 0 atom stereocenters. The molecule has 0 aromatic carbocycles. The quantitative estimate of drug-likeness (QED) is 0.677. The first-order chi connectivity index (χ1) is 7.79. The Labute approximate surface area is 96.2 Å². The Morgan fingerprint density at radius 2 is 1.56 bits per heavy atom. The van der Waals surface area contributed by atoms with Gasteiger partial charge < -0.3 is 0 Å². The molecule has 0 saturated heterocycles. The van der Waals surface area contributed by atoms with Crippen molar-refractivity contribution in [3.63, 3.8) is 0 Å². The summed E-state index contributed by atoms with van der Waals surface area (Å²) >= 11 is 0. The van der Waals surface area contributed by atoms with Crippen LogP contribution >= 0.6 is 0 Å². The van der Waals surface area contributed by atoms with Gasteiger partial charge in [0.2, 0.25) is 0 Å². The summed E-state index contributed by atoms with van der Waals surface area (Å²) in [7, 11) is 0. The van der Waals surface area contributed by atoms with Gasteiger partial charge >= 0.3 is 0 Å². The van der Waals surface area contributed by atoms with Crippen molar-refractivity contribution in [1.82, 2.24) is 9.97 Å². The summed E-state index contributed by atoms with van der Waals surface area (Å²) in [5.74, 6) is -0.289. The molecule has 0 unspecified atom stereocenters. The largest absolute Gasteiger partial charge is 0.265 e. The van der Waals surface area contributed by atoms with Gasteiger partial charge in [-0.15, -0.1) is 0 Å². The zero-order chi connectivity index (χ0) is 12.2. The predicted octanol–water partition coefficient (Wildman–Crippen LogP) is 3.64. The highest BCUT2D eigenvalue weighted by atomic mass is 19.1. The van der Waals surface area contributed by atoms with E-state index in [1.807, 2.05) is 32.9 Å². The molecule has 0 fully saturated rings. The fourth-order valence-corrected chi connectivity index (χ4v) is 0.768. The molecular weight excluding hydrogens is 203 g/mol. The fourth-order valence-electron chi connectivity index (χ4n) is 0.768. The number of nitrogens with zero attached hydrogens (tertiary/aromatic N) is 2. The second-order valence-corrected chi connectivity index (χ2v) is 2.70. The van der Waals surface area contributed by atoms with Crippen LogP contribution in [0.2, 0.25) is 0 Å². The minimum atomic E-state index is -0.289. The van der Waals surface area contributed by atoms with Gasteiger partial charge in [-0.05, 0) is 36.8 Å². The highest BCUT2D eigenvalue weighted by Crippen LogP contribution is 1.89. The van der Waals surface area contributed by atoms with Crippen molar-refractivity contribution in [2.75, 3.05) is 0 Å². The zero-order valence-electron chi connectivity index (χ0n) is 9.89. The molecule has 0 saturated carbocycles. The molecular formula is C13H17FN2. The molecule has 2 rings (SSSR count). The van der Waals surface area contributed by atoms with Crippen LogP contribution in [0.3, 0.4) is 0 Å². The molecule has 0 radical (unpaired) electrons. The van der Waals surface area contributed by atoms with E-state index in [1.54, 1.807) is 18.5 Å². The van der Waals surface area contributed by atoms with Gasteiger partial charge in [-0.3, -0.25) is 9.97 Å². The van der Waals surface area contributed by atoms with E-state index in [4.69, 9.17) is 0 Å². The van der Waals surface area contributed by atoms with Gasteiger partial charge in [0.05, 0.1) is 6.20 Å². The van der Waals surface area contributed by atoms with E-state index < -0.39 is 0 Å². The summed E-state index contributed by atoms with van der Waals surface area (Å²) in [5, 5.41) is 0. The summed E-state index contributed by atoms with van der Waals surface area (Å²) in [6, 6.07) is 6.85. The third-order valence-electron chi connectivity index (χ3n) is 1.47. The third kappa shape index (κ3) is 7.62. The number of hydrogen-bond donors (Lipinski definition) is 0. The van der Waals surface area contributed by atoms with Crippen molar-refractivity contribution >= 4 is 0 Å². The molecule has 0 aliphatic rings. The first-order valence-corrected chi connectivity index (χ1v) is 5.21. The minimum absolute atomic E-state index is 0.289. The van der Waals surface area contributed by atoms with Crippen LogP contribution in [-0.2, 0) is 0 Å². The monoisotopic (exact) mass is 220 g/mol. The predicted molar refractivity (Wildman–Crippen MR) is 64.5 cm³/mol. The first kappa shape index (κ1) is 14.2. The Balaban J connectivity index is 0.000000244. The van der Waals surface area contributed by atoms with Crippen LogP contribution in [0.4, 0.5) is 4.39 Å². The molecule has 86 valence electrons. The third-order valence-corrected chi connectivity index (χ3v) is 1.47. The number of aryl methyl sites for hydroxylation is 1. The molecule has 0 aliphatic carbocycles. The Hall–Kier alpha value is -1.77. The summed E-state index contributed by atoms with van der Waals surface area (Å²) < 4.78 is 11.8. The molecule has 0 N–H and O–H groups in total. The van der Waals surface area contributed by atoms with Crippen LogP contribution in [0.25, 0.3) is 0 Å². The van der Waals surface area contributed by atoms with Gasteiger partial charge in [-0.25, -0.2) is 4.39 Å². The van der Waals surface area contributed by atoms with Crippen molar-refractivity contribution in [3.8, 4) is 0 Å². The van der Waals surface area contributed by atoms with E-state index in [1.165, 1.54) is 24.0 Å². The standard InChI is InChI=1S/C6H7N.C5H4FN.C2H6/c1-6-2-4-7-5-3-6;6-5-2-1-3-7-4-5;1-2/h2-5H,1H3;1-4H;1-2H3. The Morgan fingerprint density at radius 3 is 1.81 bits per heavy atom. The molecule has 16 heavy (non-hydrogen) atoms. The van der Waals surface area contributed by atoms with Crippen LogP contribution in [0.5, 0.6) is 0 Å². The molecule has 3 heteroatoms. The van der Waals surface area contributed by atoms with Gasteiger partial charge in [0, 0.05) is 18.6 Å². The van der Waals surface area contributed by atoms with Crippen molar-refractivity contribution in [3.05, 3.63) is 60.4 Å². The lowest BCUT2D eigenvalue weighted by molar-refractivity contribution is 0.621. The molecule has 0 amide bonds. The maximum absolute atomic E-state index is 11.8. The minimum Gasteiger partial charge on any atom is -0.265 e. The molecule has 2 aromatic rings. The van der Waals surface area contributed by atoms with E-state index in [-0.39, 0.29) is 5.82 Å². The highest BCUT2D eigenvalue weighted by Gasteiger charge is 1.78. The average Bonchev–Trinajstić information content (AvgIpc) is 2.34. The normalized spacial score (nSPS) is 8.00. The number of pyridine rings is 2. The van der Waals surface area contributed by atoms with Crippen molar-refractivity contribution in [1.29, 1.82) is 0 Å². The van der Waals surface area contributed by atoms with Crippen molar-refractivity contribution < 1.29 is 4.39 Å². The van der Waals surface area contributed by atoms with E-state index in [2.05, 4.69) is 9.97 Å². The SMILES string of the molecule is CC.Cc1ccncc1.Fc1cccnc1. The lowest BCUT2D eigenvalue weighted by Gasteiger charge is -1.82. The summed E-state index contributed by atoms with van der Waals surface area (Å²) in [6.07, 6.45) is 6.27. The number of halogens is 1. The van der Waals surface area contributed by atoms with Gasteiger partial charge in [0.25, 0.3) is 0 Å². The van der Waals surface area contributed by atoms with E-state index in [9.17, 15) is 4.39 Å². The Bertz CT molecular complexity index is 311. The maximum atomic E-state index is 11.8.